The average molecular weight is 448 g/mol. The second-order valence-electron chi connectivity index (χ2n) is 7.02. The fourth-order valence-electron chi connectivity index (χ4n) is 3.27. The fraction of sp³-hybridized carbons (Fsp3) is 0.400. The highest BCUT2D eigenvalue weighted by atomic mass is 35.5. The van der Waals surface area contributed by atoms with Crippen LogP contribution < -0.4 is 5.73 Å². The molecule has 2 aromatic heterocycles. The minimum atomic E-state index is -0.356. The topological polar surface area (TPSA) is 109 Å². The van der Waals surface area contributed by atoms with E-state index in [0.717, 1.165) is 36.0 Å². The second kappa shape index (κ2) is 9.63. The number of ether oxygens (including phenoxy) is 1. The molecular weight excluding hydrogens is 426 g/mol. The minimum Gasteiger partial charge on any atom is -0.440 e. The van der Waals surface area contributed by atoms with Crippen LogP contribution in [-0.4, -0.2) is 38.4 Å². The number of hydrogen-bond donors (Lipinski definition) is 1. The summed E-state index contributed by atoms with van der Waals surface area (Å²) in [5.74, 6) is 2.17. The molecule has 10 heteroatoms. The van der Waals surface area contributed by atoms with Crippen molar-refractivity contribution in [1.82, 2.24) is 19.7 Å². The molecule has 158 valence electrons. The molecule has 0 radical (unpaired) electrons. The molecule has 1 atom stereocenters. The highest BCUT2D eigenvalue weighted by molar-refractivity contribution is 7.98. The molecule has 0 saturated carbocycles. The molecule has 1 aliphatic heterocycles. The zero-order valence-electron chi connectivity index (χ0n) is 16.3. The number of oxazole rings is 1. The van der Waals surface area contributed by atoms with Crippen LogP contribution in [0.25, 0.3) is 11.3 Å². The van der Waals surface area contributed by atoms with Gasteiger partial charge in [0.1, 0.15) is 5.82 Å². The van der Waals surface area contributed by atoms with Crippen LogP contribution in [0.4, 0.5) is 0 Å². The summed E-state index contributed by atoms with van der Waals surface area (Å²) >= 11 is 7.43. The highest BCUT2D eigenvalue weighted by Gasteiger charge is 2.21. The molecule has 1 saturated heterocycles. The van der Waals surface area contributed by atoms with E-state index < -0.39 is 0 Å². The van der Waals surface area contributed by atoms with Gasteiger partial charge in [0.25, 0.3) is 0 Å². The van der Waals surface area contributed by atoms with Crippen molar-refractivity contribution in [3.63, 3.8) is 0 Å². The number of hydrogen-bond acceptors (Lipinski definition) is 7. The van der Waals surface area contributed by atoms with E-state index in [-0.39, 0.29) is 18.4 Å². The Balaban J connectivity index is 1.45. The van der Waals surface area contributed by atoms with Gasteiger partial charge in [0.05, 0.1) is 24.6 Å². The van der Waals surface area contributed by atoms with Crippen molar-refractivity contribution in [2.24, 2.45) is 5.73 Å². The standard InChI is InChI=1S/C20H22ClN5O3S/c21-14-5-3-13(4-6-14)16-10-23-19(29-16)12-30-20-25-24-18(8-7-17(22)27)26(20)11-15-2-1-9-28-15/h3-6,10,15H,1-2,7-9,11-12H2,(H2,22,27). The van der Waals surface area contributed by atoms with E-state index in [0.29, 0.717) is 35.4 Å². The molecule has 1 aliphatic rings. The van der Waals surface area contributed by atoms with Crippen LogP contribution >= 0.6 is 23.4 Å². The van der Waals surface area contributed by atoms with Gasteiger partial charge in [-0.3, -0.25) is 4.79 Å². The molecule has 4 rings (SSSR count). The van der Waals surface area contributed by atoms with Gasteiger partial charge in [0.15, 0.2) is 10.9 Å². The van der Waals surface area contributed by atoms with E-state index in [1.165, 1.54) is 11.8 Å². The predicted molar refractivity (Wildman–Crippen MR) is 113 cm³/mol. The predicted octanol–water partition coefficient (Wildman–Crippen LogP) is 3.48. The van der Waals surface area contributed by atoms with Crippen molar-refractivity contribution in [1.29, 1.82) is 0 Å². The first-order valence-corrected chi connectivity index (χ1v) is 11.1. The van der Waals surface area contributed by atoms with Gasteiger partial charge in [-0.15, -0.1) is 10.2 Å². The monoisotopic (exact) mass is 447 g/mol. The average Bonchev–Trinajstić information content (AvgIpc) is 3.48. The Hall–Kier alpha value is -2.36. The largest absolute Gasteiger partial charge is 0.440 e. The molecule has 0 bridgehead atoms. The lowest BCUT2D eigenvalue weighted by atomic mass is 10.2. The Kier molecular flexibility index (Phi) is 6.71. The van der Waals surface area contributed by atoms with Crippen molar-refractivity contribution in [2.45, 2.75) is 49.2 Å². The van der Waals surface area contributed by atoms with E-state index in [1.807, 2.05) is 28.8 Å². The summed E-state index contributed by atoms with van der Waals surface area (Å²) in [5, 5.41) is 10.00. The molecule has 8 nitrogen and oxygen atoms in total. The second-order valence-corrected chi connectivity index (χ2v) is 8.40. The number of nitrogens with zero attached hydrogens (tertiary/aromatic N) is 4. The van der Waals surface area contributed by atoms with Crippen LogP contribution in [0.1, 0.15) is 31.0 Å². The smallest absolute Gasteiger partial charge is 0.217 e. The molecule has 3 aromatic rings. The molecule has 3 heterocycles. The Labute approximate surface area is 183 Å². The van der Waals surface area contributed by atoms with Crippen LogP contribution in [0.5, 0.6) is 0 Å². The molecule has 1 aromatic carbocycles. The first kappa shape index (κ1) is 20.9. The van der Waals surface area contributed by atoms with Crippen molar-refractivity contribution in [3.8, 4) is 11.3 Å². The molecule has 0 aliphatic carbocycles. The van der Waals surface area contributed by atoms with E-state index in [2.05, 4.69) is 15.2 Å². The maximum atomic E-state index is 11.2. The number of primary amides is 1. The van der Waals surface area contributed by atoms with E-state index in [1.54, 1.807) is 6.20 Å². The van der Waals surface area contributed by atoms with Gasteiger partial charge in [-0.1, -0.05) is 23.4 Å². The highest BCUT2D eigenvalue weighted by Crippen LogP contribution is 2.27. The fourth-order valence-corrected chi connectivity index (χ4v) is 4.22. The molecule has 1 fully saturated rings. The number of rotatable bonds is 9. The molecule has 1 unspecified atom stereocenters. The van der Waals surface area contributed by atoms with Crippen LogP contribution in [0.3, 0.4) is 0 Å². The first-order chi connectivity index (χ1) is 14.6. The molecular formula is C20H22ClN5O3S. The number of benzene rings is 1. The lowest BCUT2D eigenvalue weighted by molar-refractivity contribution is -0.118. The van der Waals surface area contributed by atoms with Gasteiger partial charge < -0.3 is 19.5 Å². The minimum absolute atomic E-state index is 0.130. The normalized spacial score (nSPS) is 16.2. The number of halogens is 1. The van der Waals surface area contributed by atoms with Gasteiger partial charge in [0.2, 0.25) is 11.8 Å². The van der Waals surface area contributed by atoms with Crippen molar-refractivity contribution in [3.05, 3.63) is 47.2 Å². The number of carbonyl (C=O) groups is 1. The van der Waals surface area contributed by atoms with E-state index in [9.17, 15) is 4.79 Å². The zero-order chi connectivity index (χ0) is 20.9. The summed E-state index contributed by atoms with van der Waals surface area (Å²) in [6.45, 7) is 1.43. The van der Waals surface area contributed by atoms with Gasteiger partial charge in [0, 0.05) is 30.0 Å². The lowest BCUT2D eigenvalue weighted by Gasteiger charge is -2.14. The maximum Gasteiger partial charge on any atom is 0.217 e. The Morgan fingerprint density at radius 3 is 2.87 bits per heavy atom. The summed E-state index contributed by atoms with van der Waals surface area (Å²) in [4.78, 5) is 15.6. The Morgan fingerprint density at radius 1 is 1.30 bits per heavy atom. The molecule has 0 spiro atoms. The van der Waals surface area contributed by atoms with Gasteiger partial charge in [-0.25, -0.2) is 4.98 Å². The number of thioether (sulfide) groups is 1. The summed E-state index contributed by atoms with van der Waals surface area (Å²) in [7, 11) is 0. The molecule has 2 N–H and O–H groups in total. The quantitative estimate of drug-likeness (QED) is 0.500. The zero-order valence-corrected chi connectivity index (χ0v) is 17.9. The van der Waals surface area contributed by atoms with E-state index >= 15 is 0 Å². The molecule has 30 heavy (non-hydrogen) atoms. The van der Waals surface area contributed by atoms with Crippen molar-refractivity contribution in [2.75, 3.05) is 6.61 Å². The summed E-state index contributed by atoms with van der Waals surface area (Å²) in [6.07, 6.45) is 4.57. The summed E-state index contributed by atoms with van der Waals surface area (Å²) in [6, 6.07) is 7.41. The van der Waals surface area contributed by atoms with Crippen molar-refractivity contribution >= 4 is 29.3 Å². The third-order valence-corrected chi connectivity index (χ3v) is 6.01. The maximum absolute atomic E-state index is 11.2. The van der Waals surface area contributed by atoms with Crippen LogP contribution in [-0.2, 0) is 28.2 Å². The Bertz CT molecular complexity index is 998. The van der Waals surface area contributed by atoms with Gasteiger partial charge >= 0.3 is 0 Å². The van der Waals surface area contributed by atoms with Crippen LogP contribution in [0.2, 0.25) is 5.02 Å². The number of aromatic nitrogens is 4. The summed E-state index contributed by atoms with van der Waals surface area (Å²) in [5.41, 5.74) is 6.21. The number of carbonyl (C=O) groups excluding carboxylic acids is 1. The number of aryl methyl sites for hydroxylation is 1. The Morgan fingerprint density at radius 2 is 2.13 bits per heavy atom. The van der Waals surface area contributed by atoms with E-state index in [4.69, 9.17) is 26.5 Å². The van der Waals surface area contributed by atoms with Gasteiger partial charge in [-0.2, -0.15) is 0 Å². The lowest BCUT2D eigenvalue weighted by Crippen LogP contribution is -2.19. The SMILES string of the molecule is NC(=O)CCc1nnc(SCc2ncc(-c3ccc(Cl)cc3)o2)n1CC1CCCO1. The van der Waals surface area contributed by atoms with Crippen LogP contribution in [0.15, 0.2) is 40.0 Å². The third-order valence-electron chi connectivity index (χ3n) is 4.81. The first-order valence-electron chi connectivity index (χ1n) is 9.74. The van der Waals surface area contributed by atoms with Crippen molar-refractivity contribution < 1.29 is 13.9 Å². The van der Waals surface area contributed by atoms with Crippen LogP contribution in [0, 0.1) is 0 Å². The van der Waals surface area contributed by atoms with Gasteiger partial charge in [-0.05, 0) is 37.1 Å². The number of nitrogens with two attached hydrogens (primary N) is 1. The number of amides is 1. The third kappa shape index (κ3) is 5.21. The summed E-state index contributed by atoms with van der Waals surface area (Å²) < 4.78 is 13.7. The molecule has 1 amide bonds.